The molecular weight excluding hydrogens is 304 g/mol. The van der Waals surface area contributed by atoms with Gasteiger partial charge in [-0.2, -0.15) is 11.8 Å². The molecule has 1 aromatic carbocycles. The van der Waals surface area contributed by atoms with Gasteiger partial charge in [0.1, 0.15) is 0 Å². The molecule has 0 unspecified atom stereocenters. The molecule has 1 aromatic rings. The van der Waals surface area contributed by atoms with Crippen LogP contribution in [0.3, 0.4) is 0 Å². The van der Waals surface area contributed by atoms with Crippen molar-refractivity contribution in [2.45, 2.75) is 26.5 Å². The number of thioether (sulfide) groups is 1. The topological polar surface area (TPSA) is 46.3 Å². The van der Waals surface area contributed by atoms with Crippen LogP contribution in [0.25, 0.3) is 0 Å². The number of halogens is 1. The van der Waals surface area contributed by atoms with Gasteiger partial charge in [-0.25, -0.2) is 0 Å². The van der Waals surface area contributed by atoms with Gasteiger partial charge in [0.25, 0.3) is 5.91 Å². The van der Waals surface area contributed by atoms with Crippen molar-refractivity contribution in [2.75, 3.05) is 25.9 Å². The number of carbonyl (C=O) groups excluding carboxylic acids is 1. The van der Waals surface area contributed by atoms with Crippen LogP contribution in [0.1, 0.15) is 36.7 Å². The standard InChI is InChI=1S/C16H26N2OS.ClH/c1-5-20-10-13-6-8-14(9-7-13)15(19)18(4)12-16(2,3)11-17;/h6-9H,5,10-12,17H2,1-4H3;1H. The number of rotatable bonds is 7. The molecule has 0 saturated heterocycles. The van der Waals surface area contributed by atoms with E-state index in [0.717, 1.165) is 17.1 Å². The minimum absolute atomic E-state index is 0. The summed E-state index contributed by atoms with van der Waals surface area (Å²) in [5, 5.41) is 0. The van der Waals surface area contributed by atoms with Crippen molar-refractivity contribution in [1.29, 1.82) is 0 Å². The highest BCUT2D eigenvalue weighted by Crippen LogP contribution is 2.17. The quantitative estimate of drug-likeness (QED) is 0.833. The van der Waals surface area contributed by atoms with Gasteiger partial charge in [0.15, 0.2) is 0 Å². The van der Waals surface area contributed by atoms with Gasteiger partial charge in [-0.15, -0.1) is 12.4 Å². The van der Waals surface area contributed by atoms with E-state index in [1.807, 2.05) is 43.1 Å². The second-order valence-electron chi connectivity index (χ2n) is 5.86. The second kappa shape index (κ2) is 9.34. The van der Waals surface area contributed by atoms with Gasteiger partial charge in [0, 0.05) is 24.9 Å². The van der Waals surface area contributed by atoms with Crippen molar-refractivity contribution >= 4 is 30.1 Å². The summed E-state index contributed by atoms with van der Waals surface area (Å²) in [4.78, 5) is 14.1. The van der Waals surface area contributed by atoms with Crippen LogP contribution in [0.2, 0.25) is 0 Å². The van der Waals surface area contributed by atoms with Gasteiger partial charge in [0.2, 0.25) is 0 Å². The smallest absolute Gasteiger partial charge is 0.253 e. The Morgan fingerprint density at radius 1 is 1.29 bits per heavy atom. The predicted molar refractivity (Wildman–Crippen MR) is 95.3 cm³/mol. The molecule has 0 bridgehead atoms. The Morgan fingerprint density at radius 3 is 2.33 bits per heavy atom. The molecule has 5 heteroatoms. The zero-order chi connectivity index (χ0) is 15.2. The van der Waals surface area contributed by atoms with Crippen LogP contribution in [0.15, 0.2) is 24.3 Å². The fourth-order valence-electron chi connectivity index (χ4n) is 1.96. The molecule has 21 heavy (non-hydrogen) atoms. The third kappa shape index (κ3) is 6.72. The van der Waals surface area contributed by atoms with E-state index in [2.05, 4.69) is 20.8 Å². The lowest BCUT2D eigenvalue weighted by atomic mass is 9.93. The maximum absolute atomic E-state index is 12.3. The third-order valence-corrected chi connectivity index (χ3v) is 4.18. The van der Waals surface area contributed by atoms with E-state index in [1.54, 1.807) is 4.90 Å². The highest BCUT2D eigenvalue weighted by atomic mass is 35.5. The van der Waals surface area contributed by atoms with Crippen LogP contribution in [-0.2, 0) is 5.75 Å². The first-order valence-corrected chi connectivity index (χ1v) is 8.17. The van der Waals surface area contributed by atoms with Gasteiger partial charge in [-0.1, -0.05) is 32.9 Å². The summed E-state index contributed by atoms with van der Waals surface area (Å²) in [7, 11) is 1.83. The van der Waals surface area contributed by atoms with Gasteiger partial charge in [-0.3, -0.25) is 4.79 Å². The van der Waals surface area contributed by atoms with Crippen molar-refractivity contribution in [3.05, 3.63) is 35.4 Å². The van der Waals surface area contributed by atoms with E-state index in [-0.39, 0.29) is 23.7 Å². The molecule has 1 rings (SSSR count). The zero-order valence-electron chi connectivity index (χ0n) is 13.4. The number of amides is 1. The van der Waals surface area contributed by atoms with E-state index in [0.29, 0.717) is 13.1 Å². The van der Waals surface area contributed by atoms with Crippen LogP contribution < -0.4 is 5.73 Å². The van der Waals surface area contributed by atoms with E-state index in [1.165, 1.54) is 5.56 Å². The van der Waals surface area contributed by atoms with Crippen molar-refractivity contribution in [3.8, 4) is 0 Å². The van der Waals surface area contributed by atoms with Crippen molar-refractivity contribution < 1.29 is 4.79 Å². The molecule has 0 aliphatic rings. The maximum atomic E-state index is 12.3. The lowest BCUT2D eigenvalue weighted by Crippen LogP contribution is -2.39. The lowest BCUT2D eigenvalue weighted by molar-refractivity contribution is 0.0740. The Bertz CT molecular complexity index is 434. The predicted octanol–water partition coefficient (Wildman–Crippen LogP) is 3.42. The van der Waals surface area contributed by atoms with Crippen molar-refractivity contribution in [2.24, 2.45) is 11.1 Å². The fourth-order valence-corrected chi connectivity index (χ4v) is 2.59. The Hall–Kier alpha value is -0.710. The molecule has 120 valence electrons. The van der Waals surface area contributed by atoms with Crippen molar-refractivity contribution in [3.63, 3.8) is 0 Å². The summed E-state index contributed by atoms with van der Waals surface area (Å²) in [5.74, 6) is 2.17. The number of hydrogen-bond donors (Lipinski definition) is 1. The molecule has 1 amide bonds. The molecule has 0 aliphatic heterocycles. The minimum atomic E-state index is -0.0535. The van der Waals surface area contributed by atoms with Crippen LogP contribution in [0.5, 0.6) is 0 Å². The lowest BCUT2D eigenvalue weighted by Gasteiger charge is -2.29. The van der Waals surface area contributed by atoms with Crippen molar-refractivity contribution in [1.82, 2.24) is 4.90 Å². The Balaban J connectivity index is 0.00000400. The number of benzene rings is 1. The normalized spacial score (nSPS) is 10.9. The first-order valence-electron chi connectivity index (χ1n) is 7.02. The summed E-state index contributed by atoms with van der Waals surface area (Å²) in [6, 6.07) is 7.91. The maximum Gasteiger partial charge on any atom is 0.253 e. The van der Waals surface area contributed by atoms with Gasteiger partial charge in [-0.05, 0) is 35.4 Å². The zero-order valence-corrected chi connectivity index (χ0v) is 15.0. The summed E-state index contributed by atoms with van der Waals surface area (Å²) in [6.07, 6.45) is 0. The summed E-state index contributed by atoms with van der Waals surface area (Å²) < 4.78 is 0. The number of carbonyl (C=O) groups is 1. The van der Waals surface area contributed by atoms with Gasteiger partial charge in [0.05, 0.1) is 0 Å². The van der Waals surface area contributed by atoms with Crippen LogP contribution in [0.4, 0.5) is 0 Å². The molecule has 0 fully saturated rings. The molecule has 2 N–H and O–H groups in total. The monoisotopic (exact) mass is 330 g/mol. The summed E-state index contributed by atoms with van der Waals surface area (Å²) >= 11 is 1.88. The van der Waals surface area contributed by atoms with Crippen LogP contribution in [-0.4, -0.2) is 36.7 Å². The molecule has 0 radical (unpaired) electrons. The first kappa shape index (κ1) is 20.3. The SMILES string of the molecule is CCSCc1ccc(C(=O)N(C)CC(C)(C)CN)cc1.Cl. The largest absolute Gasteiger partial charge is 0.341 e. The van der Waals surface area contributed by atoms with Crippen LogP contribution in [0, 0.1) is 5.41 Å². The molecule has 3 nitrogen and oxygen atoms in total. The third-order valence-electron chi connectivity index (χ3n) is 3.24. The highest BCUT2D eigenvalue weighted by Gasteiger charge is 2.21. The first-order chi connectivity index (χ1) is 9.39. The summed E-state index contributed by atoms with van der Waals surface area (Å²) in [6.45, 7) is 7.52. The molecular formula is C16H27ClN2OS. The summed E-state index contributed by atoms with van der Waals surface area (Å²) in [5.41, 5.74) is 7.67. The minimum Gasteiger partial charge on any atom is -0.341 e. The molecule has 0 atom stereocenters. The average Bonchev–Trinajstić information content (AvgIpc) is 2.44. The Morgan fingerprint density at radius 2 is 1.86 bits per heavy atom. The number of hydrogen-bond acceptors (Lipinski definition) is 3. The van der Waals surface area contributed by atoms with E-state index in [4.69, 9.17) is 5.73 Å². The second-order valence-corrected chi connectivity index (χ2v) is 7.14. The van der Waals surface area contributed by atoms with E-state index < -0.39 is 0 Å². The Kier molecular flexibility index (Phi) is 9.02. The Labute approximate surface area is 139 Å². The fraction of sp³-hybridized carbons (Fsp3) is 0.562. The van der Waals surface area contributed by atoms with E-state index >= 15 is 0 Å². The molecule has 0 heterocycles. The highest BCUT2D eigenvalue weighted by molar-refractivity contribution is 7.98. The molecule has 0 saturated carbocycles. The number of nitrogens with zero attached hydrogens (tertiary/aromatic N) is 1. The molecule has 0 aromatic heterocycles. The van der Waals surface area contributed by atoms with Crippen LogP contribution >= 0.6 is 24.2 Å². The van der Waals surface area contributed by atoms with E-state index in [9.17, 15) is 4.79 Å². The average molecular weight is 331 g/mol. The van der Waals surface area contributed by atoms with Gasteiger partial charge < -0.3 is 10.6 Å². The molecule has 0 spiro atoms. The number of nitrogens with two attached hydrogens (primary N) is 1. The molecule has 0 aliphatic carbocycles. The van der Waals surface area contributed by atoms with Gasteiger partial charge >= 0.3 is 0 Å².